The number of nitrogens with zero attached hydrogens (tertiary/aromatic N) is 2. The highest BCUT2D eigenvalue weighted by atomic mass is 32.2. The standard InChI is InChI=1S/C18H27N3O3S2/c1-4-7-14-15(8-5-2)26-12-21(14)10-16(22)20-18-19-13(11-25-18)9-17(23)24-6-3/h11H,4-10,12H2,1-3H3,(H,19,20,22). The molecule has 1 aromatic rings. The highest BCUT2D eigenvalue weighted by Gasteiger charge is 2.24. The number of allylic oxidation sites excluding steroid dienone is 2. The van der Waals surface area contributed by atoms with Crippen LogP contribution in [0.25, 0.3) is 0 Å². The molecule has 2 rings (SSSR count). The van der Waals surface area contributed by atoms with Gasteiger partial charge in [-0.3, -0.25) is 9.59 Å². The first-order valence-corrected chi connectivity index (χ1v) is 10.9. The van der Waals surface area contributed by atoms with Crippen LogP contribution in [-0.4, -0.2) is 40.8 Å². The SMILES string of the molecule is CCCC1=C(CCC)N(CC(=O)Nc2nc(CC(=O)OCC)cs2)CS1. The topological polar surface area (TPSA) is 71.5 Å². The van der Waals surface area contributed by atoms with Crippen LogP contribution < -0.4 is 5.32 Å². The largest absolute Gasteiger partial charge is 0.466 e. The summed E-state index contributed by atoms with van der Waals surface area (Å²) >= 11 is 3.18. The van der Waals surface area contributed by atoms with E-state index in [2.05, 4.69) is 29.0 Å². The van der Waals surface area contributed by atoms with Crippen LogP contribution in [0.2, 0.25) is 0 Å². The van der Waals surface area contributed by atoms with Gasteiger partial charge in [-0.1, -0.05) is 26.7 Å². The van der Waals surface area contributed by atoms with Gasteiger partial charge in [0.15, 0.2) is 5.13 Å². The third-order valence-electron chi connectivity index (χ3n) is 3.83. The highest BCUT2D eigenvalue weighted by molar-refractivity contribution is 8.03. The van der Waals surface area contributed by atoms with Crippen LogP contribution in [0.4, 0.5) is 5.13 Å². The quantitative estimate of drug-likeness (QED) is 0.602. The fourth-order valence-corrected chi connectivity index (χ4v) is 4.78. The summed E-state index contributed by atoms with van der Waals surface area (Å²) in [6.07, 6.45) is 4.42. The van der Waals surface area contributed by atoms with Crippen LogP contribution in [0.3, 0.4) is 0 Å². The van der Waals surface area contributed by atoms with Crippen molar-refractivity contribution in [3.63, 3.8) is 0 Å². The zero-order valence-electron chi connectivity index (χ0n) is 15.7. The number of hydrogen-bond acceptors (Lipinski definition) is 7. The number of ether oxygens (including phenoxy) is 1. The number of aromatic nitrogens is 1. The first kappa shape index (κ1) is 20.8. The lowest BCUT2D eigenvalue weighted by Gasteiger charge is -2.20. The third kappa shape index (κ3) is 6.02. The van der Waals surface area contributed by atoms with Crippen molar-refractivity contribution in [3.8, 4) is 0 Å². The Labute approximate surface area is 163 Å². The molecule has 0 radical (unpaired) electrons. The summed E-state index contributed by atoms with van der Waals surface area (Å²) in [6.45, 7) is 6.81. The van der Waals surface area contributed by atoms with E-state index in [0.29, 0.717) is 24.0 Å². The molecule has 1 aliphatic heterocycles. The molecule has 1 aliphatic rings. The van der Waals surface area contributed by atoms with E-state index < -0.39 is 0 Å². The number of hydrogen-bond donors (Lipinski definition) is 1. The van der Waals surface area contributed by atoms with Crippen molar-refractivity contribution in [3.05, 3.63) is 21.7 Å². The van der Waals surface area contributed by atoms with E-state index >= 15 is 0 Å². The van der Waals surface area contributed by atoms with Crippen LogP contribution in [-0.2, 0) is 20.7 Å². The van der Waals surface area contributed by atoms with E-state index in [1.165, 1.54) is 21.9 Å². The molecule has 0 aliphatic carbocycles. The van der Waals surface area contributed by atoms with E-state index in [4.69, 9.17) is 4.74 Å². The summed E-state index contributed by atoms with van der Waals surface area (Å²) in [6, 6.07) is 0. The van der Waals surface area contributed by atoms with Crippen molar-refractivity contribution in [2.24, 2.45) is 0 Å². The van der Waals surface area contributed by atoms with Gasteiger partial charge in [0.2, 0.25) is 5.91 Å². The van der Waals surface area contributed by atoms with Gasteiger partial charge in [0, 0.05) is 16.0 Å². The molecule has 0 unspecified atom stereocenters. The number of anilines is 1. The molecular weight excluding hydrogens is 370 g/mol. The van der Waals surface area contributed by atoms with E-state index in [-0.39, 0.29) is 18.3 Å². The molecule has 26 heavy (non-hydrogen) atoms. The average Bonchev–Trinajstić information content (AvgIpc) is 3.17. The lowest BCUT2D eigenvalue weighted by molar-refractivity contribution is -0.142. The Balaban J connectivity index is 1.90. The van der Waals surface area contributed by atoms with Gasteiger partial charge in [0.05, 0.1) is 31.1 Å². The molecular formula is C18H27N3O3S2. The van der Waals surface area contributed by atoms with E-state index in [1.54, 1.807) is 12.3 Å². The van der Waals surface area contributed by atoms with Crippen LogP contribution in [0.15, 0.2) is 16.0 Å². The number of carbonyl (C=O) groups excluding carboxylic acids is 2. The molecule has 1 aromatic heterocycles. The predicted molar refractivity (Wildman–Crippen MR) is 107 cm³/mol. The Bertz CT molecular complexity index is 658. The maximum absolute atomic E-state index is 12.4. The Morgan fingerprint density at radius 2 is 2.04 bits per heavy atom. The summed E-state index contributed by atoms with van der Waals surface area (Å²) in [5, 5.41) is 5.15. The Morgan fingerprint density at radius 3 is 2.73 bits per heavy atom. The Kier molecular flexibility index (Phi) is 8.44. The molecule has 144 valence electrons. The maximum Gasteiger partial charge on any atom is 0.311 e. The molecule has 0 bridgehead atoms. The van der Waals surface area contributed by atoms with Crippen LogP contribution in [0, 0.1) is 0 Å². The van der Waals surface area contributed by atoms with Crippen molar-refractivity contribution in [1.29, 1.82) is 0 Å². The molecule has 0 fully saturated rings. The number of carbonyl (C=O) groups is 2. The number of esters is 1. The lowest BCUT2D eigenvalue weighted by Crippen LogP contribution is -2.30. The first-order valence-electron chi connectivity index (χ1n) is 9.06. The molecule has 8 heteroatoms. The fraction of sp³-hybridized carbons (Fsp3) is 0.611. The molecule has 0 aromatic carbocycles. The summed E-state index contributed by atoms with van der Waals surface area (Å²) in [7, 11) is 0. The molecule has 6 nitrogen and oxygen atoms in total. The average molecular weight is 398 g/mol. The zero-order valence-corrected chi connectivity index (χ0v) is 17.3. The number of thiazole rings is 1. The maximum atomic E-state index is 12.4. The van der Waals surface area contributed by atoms with Gasteiger partial charge in [-0.25, -0.2) is 4.98 Å². The summed E-state index contributed by atoms with van der Waals surface area (Å²) in [5.74, 6) is 0.459. The second kappa shape index (κ2) is 10.6. The number of nitrogens with one attached hydrogen (secondary N) is 1. The predicted octanol–water partition coefficient (Wildman–Crippen LogP) is 4.01. The fourth-order valence-electron chi connectivity index (χ4n) is 2.75. The zero-order chi connectivity index (χ0) is 18.9. The van der Waals surface area contributed by atoms with Gasteiger partial charge < -0.3 is 15.0 Å². The van der Waals surface area contributed by atoms with Crippen molar-refractivity contribution in [2.75, 3.05) is 24.3 Å². The molecule has 0 atom stereocenters. The molecule has 0 saturated carbocycles. The molecule has 1 N–H and O–H groups in total. The van der Waals surface area contributed by atoms with Gasteiger partial charge >= 0.3 is 5.97 Å². The second-order valence-corrected chi connectivity index (χ2v) is 7.91. The van der Waals surface area contributed by atoms with Crippen molar-refractivity contribution in [2.45, 2.75) is 52.9 Å². The van der Waals surface area contributed by atoms with Crippen molar-refractivity contribution >= 4 is 40.1 Å². The minimum atomic E-state index is -0.303. The summed E-state index contributed by atoms with van der Waals surface area (Å²) in [4.78, 5) is 31.8. The Morgan fingerprint density at radius 1 is 1.27 bits per heavy atom. The Hall–Kier alpha value is -1.54. The lowest BCUT2D eigenvalue weighted by atomic mass is 10.2. The molecule has 2 heterocycles. The van der Waals surface area contributed by atoms with Gasteiger partial charge in [-0.05, 0) is 19.8 Å². The van der Waals surface area contributed by atoms with Gasteiger partial charge in [-0.2, -0.15) is 0 Å². The van der Waals surface area contributed by atoms with Crippen LogP contribution >= 0.6 is 23.1 Å². The normalized spacial score (nSPS) is 14.0. The minimum Gasteiger partial charge on any atom is -0.466 e. The van der Waals surface area contributed by atoms with Crippen molar-refractivity contribution < 1.29 is 14.3 Å². The van der Waals surface area contributed by atoms with Crippen LogP contribution in [0.5, 0.6) is 0 Å². The van der Waals surface area contributed by atoms with E-state index in [0.717, 1.165) is 31.6 Å². The monoisotopic (exact) mass is 397 g/mol. The van der Waals surface area contributed by atoms with Gasteiger partial charge in [0.25, 0.3) is 0 Å². The molecule has 0 saturated heterocycles. The number of thioether (sulfide) groups is 1. The smallest absolute Gasteiger partial charge is 0.311 e. The highest BCUT2D eigenvalue weighted by Crippen LogP contribution is 2.37. The van der Waals surface area contributed by atoms with Crippen molar-refractivity contribution in [1.82, 2.24) is 9.88 Å². The molecule has 0 spiro atoms. The second-order valence-electron chi connectivity index (χ2n) is 6.02. The third-order valence-corrected chi connectivity index (χ3v) is 5.86. The van der Waals surface area contributed by atoms with Gasteiger partial charge in [0.1, 0.15) is 0 Å². The molecule has 1 amide bonds. The summed E-state index contributed by atoms with van der Waals surface area (Å²) in [5.41, 5.74) is 1.94. The summed E-state index contributed by atoms with van der Waals surface area (Å²) < 4.78 is 4.91. The number of amides is 1. The van der Waals surface area contributed by atoms with E-state index in [1.807, 2.05) is 11.8 Å². The van der Waals surface area contributed by atoms with Gasteiger partial charge in [-0.15, -0.1) is 23.1 Å². The number of rotatable bonds is 10. The van der Waals surface area contributed by atoms with E-state index in [9.17, 15) is 9.59 Å². The first-order chi connectivity index (χ1) is 12.6. The van der Waals surface area contributed by atoms with Crippen LogP contribution in [0.1, 0.15) is 52.1 Å². The minimum absolute atomic E-state index is 0.0750.